The summed E-state index contributed by atoms with van der Waals surface area (Å²) in [6, 6.07) is -4.83. The number of amides is 4. The van der Waals surface area contributed by atoms with Crippen molar-refractivity contribution in [1.82, 2.24) is 16.0 Å². The highest BCUT2D eigenvalue weighted by Gasteiger charge is 2.31. The average molecular weight is 450 g/mol. The summed E-state index contributed by atoms with van der Waals surface area (Å²) in [5.74, 6) is -4.82. The molecule has 0 rings (SSSR count). The number of primary amides is 1. The highest BCUT2D eigenvalue weighted by atomic mass is 32.1. The Labute approximate surface area is 179 Å². The van der Waals surface area contributed by atoms with Crippen molar-refractivity contribution >= 4 is 42.2 Å². The largest absolute Gasteiger partial charge is 0.480 e. The molecule has 0 aromatic carbocycles. The summed E-state index contributed by atoms with van der Waals surface area (Å²) in [4.78, 5) is 59.2. The molecule has 0 aliphatic rings. The topological polar surface area (TPSA) is 214 Å². The molecule has 0 aliphatic carbocycles. The summed E-state index contributed by atoms with van der Waals surface area (Å²) in [7, 11) is 0. The van der Waals surface area contributed by atoms with Crippen LogP contribution in [0.15, 0.2) is 0 Å². The van der Waals surface area contributed by atoms with E-state index >= 15 is 0 Å². The summed E-state index contributed by atoms with van der Waals surface area (Å²) >= 11 is 4.01. The van der Waals surface area contributed by atoms with Gasteiger partial charge in [-0.15, -0.1) is 0 Å². The van der Waals surface area contributed by atoms with Crippen LogP contribution in [0.2, 0.25) is 0 Å². The van der Waals surface area contributed by atoms with Crippen LogP contribution in [-0.4, -0.2) is 76.3 Å². The van der Waals surface area contributed by atoms with Crippen molar-refractivity contribution in [3.8, 4) is 0 Å². The first kappa shape index (κ1) is 27.6. The Morgan fingerprint density at radius 2 is 1.57 bits per heavy atom. The number of aliphatic hydroxyl groups is 1. The van der Waals surface area contributed by atoms with Crippen LogP contribution in [0.3, 0.4) is 0 Å². The fourth-order valence-electron chi connectivity index (χ4n) is 2.32. The Hall–Kier alpha value is -2.38. The van der Waals surface area contributed by atoms with Crippen LogP contribution in [0.25, 0.3) is 0 Å². The molecule has 12 nitrogen and oxygen atoms in total. The molecule has 9 N–H and O–H groups in total. The Morgan fingerprint density at radius 1 is 1.00 bits per heavy atom. The lowest BCUT2D eigenvalue weighted by Crippen LogP contribution is -2.59. The van der Waals surface area contributed by atoms with Gasteiger partial charge >= 0.3 is 5.97 Å². The van der Waals surface area contributed by atoms with Gasteiger partial charge in [-0.05, 0) is 12.3 Å². The van der Waals surface area contributed by atoms with E-state index in [0.29, 0.717) is 6.42 Å². The molecule has 30 heavy (non-hydrogen) atoms. The quantitative estimate of drug-likeness (QED) is 0.128. The molecule has 0 fully saturated rings. The zero-order chi connectivity index (χ0) is 23.4. The maximum Gasteiger partial charge on any atom is 0.326 e. The van der Waals surface area contributed by atoms with Crippen LogP contribution in [0.4, 0.5) is 0 Å². The van der Waals surface area contributed by atoms with Crippen LogP contribution in [-0.2, 0) is 24.0 Å². The molecule has 13 heteroatoms. The number of carbonyl (C=O) groups is 5. The maximum absolute atomic E-state index is 12.7. The minimum absolute atomic E-state index is 0.156. The molecule has 0 aromatic rings. The third kappa shape index (κ3) is 9.41. The first-order valence-corrected chi connectivity index (χ1v) is 10.0. The van der Waals surface area contributed by atoms with E-state index in [4.69, 9.17) is 16.6 Å². The molecule has 5 atom stereocenters. The van der Waals surface area contributed by atoms with E-state index in [0.717, 1.165) is 0 Å². The lowest BCUT2D eigenvalue weighted by molar-refractivity contribution is -0.142. The first-order chi connectivity index (χ1) is 14.0. The van der Waals surface area contributed by atoms with E-state index in [1.54, 1.807) is 13.8 Å². The summed E-state index contributed by atoms with van der Waals surface area (Å²) in [6.45, 7) is 2.89. The van der Waals surface area contributed by atoms with Gasteiger partial charge in [0.05, 0.1) is 6.61 Å². The van der Waals surface area contributed by atoms with Crippen molar-refractivity contribution in [3.63, 3.8) is 0 Å². The van der Waals surface area contributed by atoms with E-state index in [1.165, 1.54) is 0 Å². The second kappa shape index (κ2) is 13.8. The minimum Gasteiger partial charge on any atom is -0.480 e. The number of hydrogen-bond donors (Lipinski definition) is 8. The van der Waals surface area contributed by atoms with Gasteiger partial charge in [0.15, 0.2) is 0 Å². The summed E-state index contributed by atoms with van der Waals surface area (Å²) < 4.78 is 0. The van der Waals surface area contributed by atoms with Crippen molar-refractivity contribution in [2.24, 2.45) is 17.4 Å². The third-order valence-corrected chi connectivity index (χ3v) is 4.80. The Morgan fingerprint density at radius 3 is 2.00 bits per heavy atom. The molecule has 172 valence electrons. The molecular formula is C17H31N5O7S. The number of rotatable bonds is 14. The lowest BCUT2D eigenvalue weighted by Gasteiger charge is -2.27. The zero-order valence-corrected chi connectivity index (χ0v) is 17.9. The van der Waals surface area contributed by atoms with Crippen LogP contribution in [0, 0.1) is 5.92 Å². The normalized spacial score (nSPS) is 15.8. The Kier molecular flexibility index (Phi) is 12.7. The van der Waals surface area contributed by atoms with Crippen molar-refractivity contribution in [3.05, 3.63) is 0 Å². The number of aliphatic carboxylic acids is 1. The summed E-state index contributed by atoms with van der Waals surface area (Å²) in [6.07, 6.45) is 0.0509. The van der Waals surface area contributed by atoms with Crippen molar-refractivity contribution in [2.45, 2.75) is 57.3 Å². The van der Waals surface area contributed by atoms with Crippen molar-refractivity contribution in [2.75, 3.05) is 12.4 Å². The monoisotopic (exact) mass is 449 g/mol. The fraction of sp³-hybridized carbons (Fsp3) is 0.706. The molecule has 0 spiro atoms. The van der Waals surface area contributed by atoms with E-state index < -0.39 is 60.4 Å². The van der Waals surface area contributed by atoms with E-state index in [9.17, 15) is 29.1 Å². The molecule has 0 heterocycles. The number of carbonyl (C=O) groups excluding carboxylic acids is 4. The molecular weight excluding hydrogens is 418 g/mol. The maximum atomic E-state index is 12.7. The predicted molar refractivity (Wildman–Crippen MR) is 110 cm³/mol. The Bertz CT molecular complexity index is 634. The van der Waals surface area contributed by atoms with Gasteiger partial charge in [-0.2, -0.15) is 12.6 Å². The SMILES string of the molecule is CCC(C)C(NC(=O)C(N)CO)C(=O)NC(CS)C(=O)NC(CCC(N)=O)C(=O)O. The average Bonchev–Trinajstić information content (AvgIpc) is 2.70. The molecule has 0 saturated carbocycles. The number of nitrogens with one attached hydrogen (secondary N) is 3. The van der Waals surface area contributed by atoms with Gasteiger partial charge in [0.1, 0.15) is 24.2 Å². The van der Waals surface area contributed by atoms with Gasteiger partial charge in [-0.25, -0.2) is 4.79 Å². The number of carboxylic acid groups (broad SMARTS) is 1. The van der Waals surface area contributed by atoms with Crippen molar-refractivity contribution in [1.29, 1.82) is 0 Å². The van der Waals surface area contributed by atoms with Crippen LogP contribution in [0.1, 0.15) is 33.1 Å². The molecule has 4 amide bonds. The van der Waals surface area contributed by atoms with Crippen LogP contribution < -0.4 is 27.4 Å². The number of aliphatic hydroxyl groups excluding tert-OH is 1. The standard InChI is InChI=1S/C17H31N5O7S/c1-3-8(2)13(22-14(25)9(18)6-23)16(27)21-11(7-30)15(26)20-10(17(28)29)4-5-12(19)24/h8-11,13,23,30H,3-7,18H2,1-2H3,(H2,19,24)(H,20,26)(H,21,27)(H,22,25)(H,28,29). The van der Waals surface area contributed by atoms with Crippen LogP contribution >= 0.6 is 12.6 Å². The summed E-state index contributed by atoms with van der Waals surface area (Å²) in [5, 5.41) is 25.3. The van der Waals surface area contributed by atoms with E-state index in [-0.39, 0.29) is 24.5 Å². The third-order valence-electron chi connectivity index (χ3n) is 4.44. The van der Waals surface area contributed by atoms with Gasteiger partial charge in [-0.1, -0.05) is 20.3 Å². The zero-order valence-electron chi connectivity index (χ0n) is 17.0. The summed E-state index contributed by atoms with van der Waals surface area (Å²) in [5.41, 5.74) is 10.5. The fourth-order valence-corrected chi connectivity index (χ4v) is 2.57. The Balaban J connectivity index is 5.23. The highest BCUT2D eigenvalue weighted by Crippen LogP contribution is 2.09. The van der Waals surface area contributed by atoms with Crippen LogP contribution in [0.5, 0.6) is 0 Å². The second-order valence-electron chi connectivity index (χ2n) is 6.81. The van der Waals surface area contributed by atoms with Gasteiger partial charge in [-0.3, -0.25) is 19.2 Å². The molecule has 0 aromatic heterocycles. The lowest BCUT2D eigenvalue weighted by atomic mass is 9.97. The van der Waals surface area contributed by atoms with Gasteiger partial charge < -0.3 is 37.6 Å². The number of hydrogen-bond acceptors (Lipinski definition) is 8. The van der Waals surface area contributed by atoms with E-state index in [2.05, 4.69) is 28.6 Å². The van der Waals surface area contributed by atoms with Gasteiger partial charge in [0.25, 0.3) is 0 Å². The molecule has 5 unspecified atom stereocenters. The number of carboxylic acids is 1. The molecule has 0 radical (unpaired) electrons. The smallest absolute Gasteiger partial charge is 0.326 e. The number of nitrogens with two attached hydrogens (primary N) is 2. The molecule has 0 saturated heterocycles. The van der Waals surface area contributed by atoms with Crippen molar-refractivity contribution < 1.29 is 34.2 Å². The minimum atomic E-state index is -1.38. The van der Waals surface area contributed by atoms with Gasteiger partial charge in [0.2, 0.25) is 23.6 Å². The molecule has 0 aliphatic heterocycles. The molecule has 0 bridgehead atoms. The second-order valence-corrected chi connectivity index (χ2v) is 7.17. The first-order valence-electron chi connectivity index (χ1n) is 9.37. The number of thiol groups is 1. The highest BCUT2D eigenvalue weighted by molar-refractivity contribution is 7.80. The van der Waals surface area contributed by atoms with Gasteiger partial charge in [0, 0.05) is 12.2 Å². The predicted octanol–water partition coefficient (Wildman–Crippen LogP) is -2.91. The van der Waals surface area contributed by atoms with E-state index in [1.807, 2.05) is 0 Å².